The van der Waals surface area contributed by atoms with Crippen LogP contribution < -0.4 is 5.32 Å². The molecule has 4 heteroatoms. The van der Waals surface area contributed by atoms with Gasteiger partial charge in [-0.15, -0.1) is 0 Å². The average molecular weight is 155 g/mol. The van der Waals surface area contributed by atoms with Crippen LogP contribution in [0.3, 0.4) is 0 Å². The molecule has 0 atom stereocenters. The van der Waals surface area contributed by atoms with E-state index in [9.17, 15) is 0 Å². The largest absolute Gasteiger partial charge is 0.360 e. The zero-order chi connectivity index (χ0) is 7.40. The molecule has 0 bridgehead atoms. The maximum Gasteiger partial charge on any atom is 0.174 e. The SMILES string of the molecule is C=CN=CN1CCNC1=S. The minimum Gasteiger partial charge on any atom is -0.360 e. The normalized spacial score (nSPS) is 18.0. The van der Waals surface area contributed by atoms with E-state index in [-0.39, 0.29) is 0 Å². The monoisotopic (exact) mass is 155 g/mol. The summed E-state index contributed by atoms with van der Waals surface area (Å²) >= 11 is 4.94. The third-order valence-corrected chi connectivity index (χ3v) is 1.58. The lowest BCUT2D eigenvalue weighted by Gasteiger charge is -2.06. The van der Waals surface area contributed by atoms with Gasteiger partial charge in [0.1, 0.15) is 0 Å². The second-order valence-corrected chi connectivity index (χ2v) is 2.26. The van der Waals surface area contributed by atoms with Gasteiger partial charge in [-0.3, -0.25) is 0 Å². The van der Waals surface area contributed by atoms with Gasteiger partial charge in [-0.1, -0.05) is 6.58 Å². The van der Waals surface area contributed by atoms with Gasteiger partial charge < -0.3 is 10.2 Å². The molecule has 1 aliphatic rings. The lowest BCUT2D eigenvalue weighted by Crippen LogP contribution is -2.26. The van der Waals surface area contributed by atoms with Crippen LogP contribution in [0.5, 0.6) is 0 Å². The first-order valence-corrected chi connectivity index (χ1v) is 3.44. The summed E-state index contributed by atoms with van der Waals surface area (Å²) in [5.74, 6) is 0. The Hall–Kier alpha value is -0.900. The van der Waals surface area contributed by atoms with Crippen molar-refractivity contribution in [2.75, 3.05) is 13.1 Å². The van der Waals surface area contributed by atoms with Crippen molar-refractivity contribution in [1.29, 1.82) is 0 Å². The Morgan fingerprint density at radius 3 is 3.10 bits per heavy atom. The summed E-state index contributed by atoms with van der Waals surface area (Å²) in [5, 5.41) is 3.75. The topological polar surface area (TPSA) is 27.6 Å². The van der Waals surface area contributed by atoms with Gasteiger partial charge >= 0.3 is 0 Å². The van der Waals surface area contributed by atoms with E-state index in [0.29, 0.717) is 0 Å². The second kappa shape index (κ2) is 3.31. The molecule has 1 N–H and O–H groups in total. The number of nitrogens with zero attached hydrogens (tertiary/aromatic N) is 2. The van der Waals surface area contributed by atoms with E-state index in [4.69, 9.17) is 12.2 Å². The van der Waals surface area contributed by atoms with Gasteiger partial charge in [0.2, 0.25) is 0 Å². The fourth-order valence-electron chi connectivity index (χ4n) is 0.724. The first-order valence-electron chi connectivity index (χ1n) is 3.03. The van der Waals surface area contributed by atoms with Crippen molar-refractivity contribution in [1.82, 2.24) is 10.2 Å². The van der Waals surface area contributed by atoms with E-state index in [1.807, 2.05) is 4.90 Å². The summed E-state index contributed by atoms with van der Waals surface area (Å²) in [4.78, 5) is 5.71. The highest BCUT2D eigenvalue weighted by Crippen LogP contribution is 1.92. The Bertz CT molecular complexity index is 176. The highest BCUT2D eigenvalue weighted by Gasteiger charge is 2.12. The summed E-state index contributed by atoms with van der Waals surface area (Å²) in [5.41, 5.74) is 0. The van der Waals surface area contributed by atoms with Crippen LogP contribution in [0.15, 0.2) is 17.8 Å². The highest BCUT2D eigenvalue weighted by atomic mass is 32.1. The number of thiocarbonyl (C=S) groups is 1. The van der Waals surface area contributed by atoms with Crippen LogP contribution in [0.1, 0.15) is 0 Å². The van der Waals surface area contributed by atoms with Crippen LogP contribution in [0, 0.1) is 0 Å². The Labute approximate surface area is 65.4 Å². The molecular formula is C6H9N3S. The van der Waals surface area contributed by atoms with Gasteiger partial charge in [0.15, 0.2) is 5.11 Å². The highest BCUT2D eigenvalue weighted by molar-refractivity contribution is 7.80. The molecule has 1 heterocycles. The number of nitrogens with one attached hydrogen (secondary N) is 1. The number of hydrogen-bond donors (Lipinski definition) is 1. The standard InChI is InChI=1S/C6H9N3S/c1-2-7-5-9-4-3-8-6(9)10/h2,5H,1,3-4H2,(H,8,10). The molecule has 0 unspecified atom stereocenters. The maximum atomic E-state index is 4.94. The van der Waals surface area contributed by atoms with E-state index in [1.54, 1.807) is 6.34 Å². The van der Waals surface area contributed by atoms with Crippen LogP contribution in [0.25, 0.3) is 0 Å². The van der Waals surface area contributed by atoms with Crippen molar-refractivity contribution in [3.05, 3.63) is 12.8 Å². The summed E-state index contributed by atoms with van der Waals surface area (Å²) in [7, 11) is 0. The second-order valence-electron chi connectivity index (χ2n) is 1.87. The van der Waals surface area contributed by atoms with Crippen LogP contribution in [-0.2, 0) is 0 Å². The van der Waals surface area contributed by atoms with Crippen LogP contribution in [0.2, 0.25) is 0 Å². The molecule has 0 aromatic heterocycles. The molecule has 0 radical (unpaired) electrons. The molecule has 1 saturated heterocycles. The van der Waals surface area contributed by atoms with Gasteiger partial charge in [-0.05, 0) is 12.2 Å². The van der Waals surface area contributed by atoms with E-state index in [2.05, 4.69) is 16.9 Å². The first kappa shape index (κ1) is 7.21. The summed E-state index contributed by atoms with van der Waals surface area (Å²) in [6.07, 6.45) is 3.16. The summed E-state index contributed by atoms with van der Waals surface area (Å²) in [6, 6.07) is 0. The molecule has 10 heavy (non-hydrogen) atoms. The molecule has 0 aromatic carbocycles. The maximum absolute atomic E-state index is 4.94. The molecule has 0 aliphatic carbocycles. The first-order chi connectivity index (χ1) is 4.84. The average Bonchev–Trinajstić information content (AvgIpc) is 2.31. The van der Waals surface area contributed by atoms with Gasteiger partial charge in [0.25, 0.3) is 0 Å². The minimum atomic E-state index is 0.741. The van der Waals surface area contributed by atoms with Gasteiger partial charge in [-0.2, -0.15) is 0 Å². The van der Waals surface area contributed by atoms with Crippen molar-refractivity contribution in [3.63, 3.8) is 0 Å². The van der Waals surface area contributed by atoms with E-state index >= 15 is 0 Å². The van der Waals surface area contributed by atoms with Crippen molar-refractivity contribution in [2.24, 2.45) is 4.99 Å². The van der Waals surface area contributed by atoms with Gasteiger partial charge in [0.05, 0.1) is 6.34 Å². The molecule has 3 nitrogen and oxygen atoms in total. The molecule has 0 spiro atoms. The zero-order valence-electron chi connectivity index (χ0n) is 5.58. The van der Waals surface area contributed by atoms with E-state index in [1.165, 1.54) is 6.20 Å². The molecule has 54 valence electrons. The van der Waals surface area contributed by atoms with Crippen LogP contribution in [-0.4, -0.2) is 29.4 Å². The van der Waals surface area contributed by atoms with Gasteiger partial charge in [0, 0.05) is 19.3 Å². The molecule has 0 saturated carbocycles. The predicted octanol–water partition coefficient (Wildman–Crippen LogP) is 0.348. The Morgan fingerprint density at radius 2 is 2.60 bits per heavy atom. The third-order valence-electron chi connectivity index (χ3n) is 1.20. The predicted molar refractivity (Wildman–Crippen MR) is 46.0 cm³/mol. The van der Waals surface area contributed by atoms with Crippen molar-refractivity contribution in [3.8, 4) is 0 Å². The van der Waals surface area contributed by atoms with Crippen molar-refractivity contribution in [2.45, 2.75) is 0 Å². The fourth-order valence-corrected chi connectivity index (χ4v) is 0.965. The summed E-state index contributed by atoms with van der Waals surface area (Å²) in [6.45, 7) is 5.26. The quantitative estimate of drug-likeness (QED) is 0.354. The van der Waals surface area contributed by atoms with E-state index in [0.717, 1.165) is 18.2 Å². The Morgan fingerprint density at radius 1 is 1.80 bits per heavy atom. The zero-order valence-corrected chi connectivity index (χ0v) is 6.40. The summed E-state index contributed by atoms with van der Waals surface area (Å²) < 4.78 is 0. The minimum absolute atomic E-state index is 0.741. The fraction of sp³-hybridized carbons (Fsp3) is 0.333. The molecule has 1 aliphatic heterocycles. The number of aliphatic imine (C=N–C) groups is 1. The van der Waals surface area contributed by atoms with Crippen molar-refractivity contribution < 1.29 is 0 Å². The van der Waals surface area contributed by atoms with Crippen LogP contribution in [0.4, 0.5) is 0 Å². The lowest BCUT2D eigenvalue weighted by molar-refractivity contribution is 0.701. The molecule has 0 amide bonds. The van der Waals surface area contributed by atoms with Crippen molar-refractivity contribution >= 4 is 23.7 Å². The molecule has 1 fully saturated rings. The number of hydrogen-bond acceptors (Lipinski definition) is 2. The Kier molecular flexibility index (Phi) is 2.39. The lowest BCUT2D eigenvalue weighted by atomic mass is 10.6. The third kappa shape index (κ3) is 1.54. The molecule has 0 aromatic rings. The smallest absolute Gasteiger partial charge is 0.174 e. The van der Waals surface area contributed by atoms with Gasteiger partial charge in [-0.25, -0.2) is 4.99 Å². The van der Waals surface area contributed by atoms with Crippen LogP contribution >= 0.6 is 12.2 Å². The molecular weight excluding hydrogens is 146 g/mol. The Balaban J connectivity index is 2.47. The number of rotatable bonds is 2. The van der Waals surface area contributed by atoms with E-state index < -0.39 is 0 Å². The molecule has 1 rings (SSSR count).